The van der Waals surface area contributed by atoms with Gasteiger partial charge in [-0.2, -0.15) is 0 Å². The number of rotatable bonds is 4. The maximum Gasteiger partial charge on any atom is 0.0702 e. The van der Waals surface area contributed by atoms with Crippen molar-refractivity contribution >= 4 is 0 Å². The lowest BCUT2D eigenvalue weighted by molar-refractivity contribution is -0.00398. The predicted molar refractivity (Wildman–Crippen MR) is 51.4 cm³/mol. The lowest BCUT2D eigenvalue weighted by atomic mass is 10.1. The number of nitrogens with zero attached hydrogens (tertiary/aromatic N) is 1. The van der Waals surface area contributed by atoms with Gasteiger partial charge in [-0.15, -0.1) is 0 Å². The van der Waals surface area contributed by atoms with Crippen molar-refractivity contribution in [3.63, 3.8) is 0 Å². The van der Waals surface area contributed by atoms with E-state index in [0.717, 1.165) is 26.2 Å². The molecule has 0 aromatic carbocycles. The summed E-state index contributed by atoms with van der Waals surface area (Å²) in [6.45, 7) is 8.84. The third-order valence-corrected chi connectivity index (χ3v) is 2.63. The molecule has 0 bridgehead atoms. The third kappa shape index (κ3) is 3.11. The summed E-state index contributed by atoms with van der Waals surface area (Å²) in [7, 11) is 0. The van der Waals surface area contributed by atoms with E-state index >= 15 is 0 Å². The van der Waals surface area contributed by atoms with Crippen LogP contribution in [0.4, 0.5) is 0 Å². The third-order valence-electron chi connectivity index (χ3n) is 2.63. The van der Waals surface area contributed by atoms with Crippen LogP contribution in [0.1, 0.15) is 33.1 Å². The van der Waals surface area contributed by atoms with Gasteiger partial charge in [0.25, 0.3) is 0 Å². The Balaban J connectivity index is 2.18. The lowest BCUT2D eigenvalue weighted by Gasteiger charge is -2.28. The van der Waals surface area contributed by atoms with Crippen LogP contribution in [0.3, 0.4) is 0 Å². The van der Waals surface area contributed by atoms with Crippen molar-refractivity contribution in [2.24, 2.45) is 0 Å². The van der Waals surface area contributed by atoms with E-state index in [0.29, 0.717) is 6.10 Å². The van der Waals surface area contributed by atoms with Gasteiger partial charge >= 0.3 is 0 Å². The second-order valence-corrected chi connectivity index (χ2v) is 3.47. The fourth-order valence-corrected chi connectivity index (χ4v) is 1.72. The van der Waals surface area contributed by atoms with Gasteiger partial charge in [-0.05, 0) is 32.4 Å². The molecule has 0 aliphatic carbocycles. The van der Waals surface area contributed by atoms with Gasteiger partial charge in [-0.25, -0.2) is 0 Å². The summed E-state index contributed by atoms with van der Waals surface area (Å²) >= 11 is 0. The summed E-state index contributed by atoms with van der Waals surface area (Å²) in [5, 5.41) is 0. The van der Waals surface area contributed by atoms with Crippen LogP contribution in [0.2, 0.25) is 0 Å². The van der Waals surface area contributed by atoms with E-state index in [2.05, 4.69) is 18.7 Å². The molecule has 12 heavy (non-hydrogen) atoms. The van der Waals surface area contributed by atoms with Gasteiger partial charge in [-0.3, -0.25) is 0 Å². The summed E-state index contributed by atoms with van der Waals surface area (Å²) < 4.78 is 5.67. The molecule has 2 nitrogen and oxygen atoms in total. The molecule has 2 heteroatoms. The van der Waals surface area contributed by atoms with E-state index in [1.807, 2.05) is 0 Å². The highest BCUT2D eigenvalue weighted by atomic mass is 16.5. The fourth-order valence-electron chi connectivity index (χ4n) is 1.72. The molecular weight excluding hydrogens is 150 g/mol. The highest BCUT2D eigenvalue weighted by Crippen LogP contribution is 2.13. The number of likely N-dealkylation sites (N-methyl/N-ethyl adjacent to an activating group) is 1. The molecule has 0 spiro atoms. The van der Waals surface area contributed by atoms with Gasteiger partial charge in [0, 0.05) is 13.2 Å². The van der Waals surface area contributed by atoms with Crippen molar-refractivity contribution in [2.45, 2.75) is 39.2 Å². The van der Waals surface area contributed by atoms with Crippen molar-refractivity contribution in [1.82, 2.24) is 4.90 Å². The second kappa shape index (κ2) is 5.55. The maximum atomic E-state index is 5.67. The smallest absolute Gasteiger partial charge is 0.0702 e. The van der Waals surface area contributed by atoms with Gasteiger partial charge in [0.2, 0.25) is 0 Å². The first-order chi connectivity index (χ1) is 5.86. The minimum atomic E-state index is 0.513. The molecule has 1 heterocycles. The van der Waals surface area contributed by atoms with Crippen molar-refractivity contribution in [1.29, 1.82) is 0 Å². The van der Waals surface area contributed by atoms with Gasteiger partial charge in [0.1, 0.15) is 0 Å². The molecule has 0 amide bonds. The average Bonchev–Trinajstić information content (AvgIpc) is 2.16. The Morgan fingerprint density at radius 2 is 2.00 bits per heavy atom. The molecule has 0 aromatic rings. The zero-order chi connectivity index (χ0) is 8.81. The molecule has 1 fully saturated rings. The van der Waals surface area contributed by atoms with Crippen molar-refractivity contribution in [3.8, 4) is 0 Å². The van der Waals surface area contributed by atoms with Crippen LogP contribution in [0.25, 0.3) is 0 Å². The van der Waals surface area contributed by atoms with Crippen LogP contribution >= 0.6 is 0 Å². The Bertz CT molecular complexity index is 106. The standard InChI is InChI=1S/C10H21NO/c1-3-11(4-2)9-10-7-5-6-8-12-10/h10H,3-9H2,1-2H3/t10-/m1/s1. The van der Waals surface area contributed by atoms with Crippen molar-refractivity contribution < 1.29 is 4.74 Å². The quantitative estimate of drug-likeness (QED) is 0.640. The van der Waals surface area contributed by atoms with Crippen LogP contribution < -0.4 is 0 Å². The zero-order valence-electron chi connectivity index (χ0n) is 8.38. The molecule has 0 saturated carbocycles. The fraction of sp³-hybridized carbons (Fsp3) is 1.00. The van der Waals surface area contributed by atoms with Crippen LogP contribution in [0.15, 0.2) is 0 Å². The minimum absolute atomic E-state index is 0.513. The minimum Gasteiger partial charge on any atom is -0.377 e. The highest BCUT2D eigenvalue weighted by molar-refractivity contribution is 4.67. The Morgan fingerprint density at radius 1 is 1.25 bits per heavy atom. The first kappa shape index (κ1) is 10.0. The first-order valence-electron chi connectivity index (χ1n) is 5.20. The number of hydrogen-bond donors (Lipinski definition) is 0. The molecule has 1 aliphatic heterocycles. The summed E-state index contributed by atoms with van der Waals surface area (Å²) in [6.07, 6.45) is 4.38. The van der Waals surface area contributed by atoms with Gasteiger partial charge < -0.3 is 9.64 Å². The molecule has 0 unspecified atom stereocenters. The van der Waals surface area contributed by atoms with Gasteiger partial charge in [0.05, 0.1) is 6.10 Å². The van der Waals surface area contributed by atoms with E-state index in [9.17, 15) is 0 Å². The Labute approximate surface area is 75.9 Å². The predicted octanol–water partition coefficient (Wildman–Crippen LogP) is 1.90. The zero-order valence-corrected chi connectivity index (χ0v) is 8.38. The monoisotopic (exact) mass is 171 g/mol. The number of ether oxygens (including phenoxy) is 1. The van der Waals surface area contributed by atoms with Crippen molar-refractivity contribution in [2.75, 3.05) is 26.2 Å². The molecule has 0 radical (unpaired) electrons. The topological polar surface area (TPSA) is 12.5 Å². The molecule has 1 saturated heterocycles. The Morgan fingerprint density at radius 3 is 2.50 bits per heavy atom. The molecule has 0 N–H and O–H groups in total. The molecule has 1 rings (SSSR count). The van der Waals surface area contributed by atoms with Crippen LogP contribution in [0, 0.1) is 0 Å². The van der Waals surface area contributed by atoms with E-state index in [-0.39, 0.29) is 0 Å². The SMILES string of the molecule is CCN(CC)C[C@H]1CCCCO1. The van der Waals surface area contributed by atoms with Crippen LogP contribution in [-0.2, 0) is 4.74 Å². The normalized spacial score (nSPS) is 24.8. The Kier molecular flexibility index (Phi) is 4.62. The van der Waals surface area contributed by atoms with E-state index in [4.69, 9.17) is 4.74 Å². The van der Waals surface area contributed by atoms with Gasteiger partial charge in [-0.1, -0.05) is 13.8 Å². The van der Waals surface area contributed by atoms with Crippen LogP contribution in [-0.4, -0.2) is 37.2 Å². The molecule has 1 atom stereocenters. The van der Waals surface area contributed by atoms with Crippen LogP contribution in [0.5, 0.6) is 0 Å². The number of hydrogen-bond acceptors (Lipinski definition) is 2. The molecular formula is C10H21NO. The highest BCUT2D eigenvalue weighted by Gasteiger charge is 2.15. The second-order valence-electron chi connectivity index (χ2n) is 3.47. The Hall–Kier alpha value is -0.0800. The summed E-state index contributed by atoms with van der Waals surface area (Å²) in [6, 6.07) is 0. The van der Waals surface area contributed by atoms with E-state index in [1.54, 1.807) is 0 Å². The first-order valence-corrected chi connectivity index (χ1v) is 5.20. The van der Waals surface area contributed by atoms with E-state index in [1.165, 1.54) is 19.3 Å². The summed E-state index contributed by atoms with van der Waals surface area (Å²) in [4.78, 5) is 2.44. The molecule has 0 aromatic heterocycles. The van der Waals surface area contributed by atoms with Gasteiger partial charge in [0.15, 0.2) is 0 Å². The largest absolute Gasteiger partial charge is 0.377 e. The molecule has 72 valence electrons. The maximum absolute atomic E-state index is 5.67. The summed E-state index contributed by atoms with van der Waals surface area (Å²) in [5.74, 6) is 0. The van der Waals surface area contributed by atoms with E-state index < -0.39 is 0 Å². The lowest BCUT2D eigenvalue weighted by Crippen LogP contribution is -2.35. The molecule has 1 aliphatic rings. The average molecular weight is 171 g/mol. The summed E-state index contributed by atoms with van der Waals surface area (Å²) in [5.41, 5.74) is 0. The van der Waals surface area contributed by atoms with Crippen molar-refractivity contribution in [3.05, 3.63) is 0 Å².